The van der Waals surface area contributed by atoms with E-state index in [0.717, 1.165) is 0 Å². The second kappa shape index (κ2) is 5.61. The van der Waals surface area contributed by atoms with E-state index in [2.05, 4.69) is 5.32 Å². The van der Waals surface area contributed by atoms with Crippen LogP contribution in [0, 0.1) is 18.7 Å². The quantitative estimate of drug-likeness (QED) is 0.822. The minimum absolute atomic E-state index is 0.0936. The maximum Gasteiger partial charge on any atom is 0.224 e. The molecule has 0 aliphatic carbocycles. The first-order valence-corrected chi connectivity index (χ1v) is 5.29. The molecule has 0 aromatic heterocycles. The lowest BCUT2D eigenvalue weighted by atomic mass is 10.1. The van der Waals surface area contributed by atoms with Crippen LogP contribution in [-0.2, 0) is 4.79 Å². The number of anilines is 1. The second-order valence-electron chi connectivity index (χ2n) is 4.06. The van der Waals surface area contributed by atoms with Gasteiger partial charge in [0.05, 0.1) is 0 Å². The molecule has 0 aliphatic rings. The number of halogens is 1. The molecule has 1 unspecified atom stereocenters. The first-order chi connectivity index (χ1) is 7.52. The molecule has 0 fully saturated rings. The Kier molecular flexibility index (Phi) is 4.43. The predicted molar refractivity (Wildman–Crippen MR) is 62.6 cm³/mol. The fourth-order valence-electron chi connectivity index (χ4n) is 1.33. The van der Waals surface area contributed by atoms with E-state index < -0.39 is 0 Å². The SMILES string of the molecule is Cc1cc(NC(=O)CC(C)CN)ccc1F. The number of hydrogen-bond donors (Lipinski definition) is 2. The normalized spacial score (nSPS) is 12.2. The van der Waals surface area contributed by atoms with E-state index in [-0.39, 0.29) is 17.6 Å². The number of carbonyl (C=O) groups excluding carboxylic acids is 1. The standard InChI is InChI=1S/C12H17FN2O/c1-8(7-14)5-12(16)15-10-3-4-11(13)9(2)6-10/h3-4,6,8H,5,7,14H2,1-2H3,(H,15,16). The summed E-state index contributed by atoms with van der Waals surface area (Å²) < 4.78 is 13.0. The van der Waals surface area contributed by atoms with Crippen LogP contribution in [0.5, 0.6) is 0 Å². The molecule has 0 saturated heterocycles. The maximum absolute atomic E-state index is 13.0. The van der Waals surface area contributed by atoms with Gasteiger partial charge in [-0.3, -0.25) is 4.79 Å². The van der Waals surface area contributed by atoms with E-state index >= 15 is 0 Å². The first-order valence-electron chi connectivity index (χ1n) is 5.29. The zero-order valence-corrected chi connectivity index (χ0v) is 9.59. The summed E-state index contributed by atoms with van der Waals surface area (Å²) >= 11 is 0. The lowest BCUT2D eigenvalue weighted by Crippen LogP contribution is -2.20. The summed E-state index contributed by atoms with van der Waals surface area (Å²) in [5, 5.41) is 2.71. The summed E-state index contributed by atoms with van der Waals surface area (Å²) in [5.41, 5.74) is 6.56. The molecule has 1 aromatic carbocycles. The van der Waals surface area contributed by atoms with Gasteiger partial charge in [0, 0.05) is 12.1 Å². The van der Waals surface area contributed by atoms with Crippen molar-refractivity contribution in [1.82, 2.24) is 0 Å². The number of hydrogen-bond acceptors (Lipinski definition) is 2. The molecule has 16 heavy (non-hydrogen) atoms. The number of amides is 1. The monoisotopic (exact) mass is 224 g/mol. The van der Waals surface area contributed by atoms with Crippen LogP contribution in [0.15, 0.2) is 18.2 Å². The molecule has 88 valence electrons. The van der Waals surface area contributed by atoms with Gasteiger partial charge in [0.15, 0.2) is 0 Å². The Morgan fingerprint density at radius 3 is 2.81 bits per heavy atom. The Bertz CT molecular complexity index is 379. The molecule has 0 saturated carbocycles. The highest BCUT2D eigenvalue weighted by molar-refractivity contribution is 5.90. The Morgan fingerprint density at radius 2 is 2.25 bits per heavy atom. The van der Waals surface area contributed by atoms with Gasteiger partial charge < -0.3 is 11.1 Å². The van der Waals surface area contributed by atoms with Crippen LogP contribution in [0.25, 0.3) is 0 Å². The van der Waals surface area contributed by atoms with Crippen molar-refractivity contribution in [3.63, 3.8) is 0 Å². The Balaban J connectivity index is 2.59. The molecule has 0 bridgehead atoms. The Hall–Kier alpha value is -1.42. The third-order valence-corrected chi connectivity index (χ3v) is 2.38. The van der Waals surface area contributed by atoms with E-state index in [4.69, 9.17) is 5.73 Å². The van der Waals surface area contributed by atoms with Crippen LogP contribution in [0.3, 0.4) is 0 Å². The van der Waals surface area contributed by atoms with Gasteiger partial charge in [0.1, 0.15) is 5.82 Å². The van der Waals surface area contributed by atoms with Crippen LogP contribution >= 0.6 is 0 Å². The van der Waals surface area contributed by atoms with E-state index in [1.54, 1.807) is 19.1 Å². The summed E-state index contributed by atoms with van der Waals surface area (Å²) in [7, 11) is 0. The zero-order chi connectivity index (χ0) is 12.1. The number of nitrogens with two attached hydrogens (primary N) is 1. The topological polar surface area (TPSA) is 55.1 Å². The Morgan fingerprint density at radius 1 is 1.56 bits per heavy atom. The highest BCUT2D eigenvalue weighted by atomic mass is 19.1. The average Bonchev–Trinajstić information content (AvgIpc) is 2.23. The molecule has 0 aliphatic heterocycles. The van der Waals surface area contributed by atoms with Crippen LogP contribution < -0.4 is 11.1 Å². The van der Waals surface area contributed by atoms with Crippen molar-refractivity contribution in [2.75, 3.05) is 11.9 Å². The molecule has 1 amide bonds. The summed E-state index contributed by atoms with van der Waals surface area (Å²) in [6.45, 7) is 4.05. The number of rotatable bonds is 4. The van der Waals surface area contributed by atoms with Crippen molar-refractivity contribution in [2.24, 2.45) is 11.7 Å². The summed E-state index contributed by atoms with van der Waals surface area (Å²) in [5.74, 6) is -0.209. The maximum atomic E-state index is 13.0. The number of aryl methyl sites for hydroxylation is 1. The van der Waals surface area contributed by atoms with Gasteiger partial charge in [-0.25, -0.2) is 4.39 Å². The molecule has 0 heterocycles. The van der Waals surface area contributed by atoms with Crippen molar-refractivity contribution < 1.29 is 9.18 Å². The van der Waals surface area contributed by atoms with Crippen molar-refractivity contribution in [3.05, 3.63) is 29.6 Å². The van der Waals surface area contributed by atoms with Gasteiger partial charge in [0.2, 0.25) is 5.91 Å². The van der Waals surface area contributed by atoms with Gasteiger partial charge in [-0.05, 0) is 43.1 Å². The smallest absolute Gasteiger partial charge is 0.224 e. The molecule has 0 radical (unpaired) electrons. The molecule has 0 spiro atoms. The number of nitrogens with one attached hydrogen (secondary N) is 1. The lowest BCUT2D eigenvalue weighted by Gasteiger charge is -2.09. The van der Waals surface area contributed by atoms with Crippen molar-refractivity contribution in [1.29, 1.82) is 0 Å². The average molecular weight is 224 g/mol. The summed E-state index contributed by atoms with van der Waals surface area (Å²) in [6, 6.07) is 4.50. The molecule has 1 aromatic rings. The van der Waals surface area contributed by atoms with E-state index in [9.17, 15) is 9.18 Å². The van der Waals surface area contributed by atoms with Crippen LogP contribution in [0.2, 0.25) is 0 Å². The van der Waals surface area contributed by atoms with Crippen molar-refractivity contribution in [2.45, 2.75) is 20.3 Å². The van der Waals surface area contributed by atoms with Crippen molar-refractivity contribution in [3.8, 4) is 0 Å². The number of carbonyl (C=O) groups is 1. The van der Waals surface area contributed by atoms with Crippen molar-refractivity contribution >= 4 is 11.6 Å². The van der Waals surface area contributed by atoms with Gasteiger partial charge >= 0.3 is 0 Å². The fraction of sp³-hybridized carbons (Fsp3) is 0.417. The van der Waals surface area contributed by atoms with E-state index in [0.29, 0.717) is 24.2 Å². The summed E-state index contributed by atoms with van der Waals surface area (Å²) in [4.78, 5) is 11.5. The molecule has 3 nitrogen and oxygen atoms in total. The highest BCUT2D eigenvalue weighted by Gasteiger charge is 2.08. The van der Waals surface area contributed by atoms with Gasteiger partial charge in [0.25, 0.3) is 0 Å². The molecule has 4 heteroatoms. The fourth-order valence-corrected chi connectivity index (χ4v) is 1.33. The number of benzene rings is 1. The molecular weight excluding hydrogens is 207 g/mol. The largest absolute Gasteiger partial charge is 0.330 e. The minimum atomic E-state index is -0.270. The minimum Gasteiger partial charge on any atom is -0.330 e. The van der Waals surface area contributed by atoms with Gasteiger partial charge in [-0.1, -0.05) is 6.92 Å². The third-order valence-electron chi connectivity index (χ3n) is 2.38. The lowest BCUT2D eigenvalue weighted by molar-refractivity contribution is -0.116. The molecule has 1 rings (SSSR count). The van der Waals surface area contributed by atoms with Crippen LogP contribution in [-0.4, -0.2) is 12.5 Å². The van der Waals surface area contributed by atoms with Crippen LogP contribution in [0.4, 0.5) is 10.1 Å². The highest BCUT2D eigenvalue weighted by Crippen LogP contribution is 2.14. The van der Waals surface area contributed by atoms with Gasteiger partial charge in [-0.2, -0.15) is 0 Å². The van der Waals surface area contributed by atoms with Crippen LogP contribution in [0.1, 0.15) is 18.9 Å². The predicted octanol–water partition coefficient (Wildman–Crippen LogP) is 2.06. The molecule has 1 atom stereocenters. The van der Waals surface area contributed by atoms with E-state index in [1.807, 2.05) is 6.92 Å². The summed E-state index contributed by atoms with van der Waals surface area (Å²) in [6.07, 6.45) is 0.382. The Labute approximate surface area is 94.8 Å². The molecule has 3 N–H and O–H groups in total. The molecular formula is C12H17FN2O. The second-order valence-corrected chi connectivity index (χ2v) is 4.06. The van der Waals surface area contributed by atoms with Gasteiger partial charge in [-0.15, -0.1) is 0 Å². The third kappa shape index (κ3) is 3.62. The van der Waals surface area contributed by atoms with E-state index in [1.165, 1.54) is 6.07 Å². The zero-order valence-electron chi connectivity index (χ0n) is 9.59. The first kappa shape index (κ1) is 12.6.